The first-order valence-electron chi connectivity index (χ1n) is 6.26. The van der Waals surface area contributed by atoms with Crippen molar-refractivity contribution in [2.24, 2.45) is 5.92 Å². The predicted molar refractivity (Wildman–Crippen MR) is 71.2 cm³/mol. The van der Waals surface area contributed by atoms with Gasteiger partial charge in [-0.15, -0.1) is 6.58 Å². The first-order valence-corrected chi connectivity index (χ1v) is 6.26. The van der Waals surface area contributed by atoms with Crippen molar-refractivity contribution < 1.29 is 0 Å². The van der Waals surface area contributed by atoms with Gasteiger partial charge in [0.1, 0.15) is 0 Å². The summed E-state index contributed by atoms with van der Waals surface area (Å²) >= 11 is 0. The SMILES string of the molecule is C=CC/C(=C/c1ccccc1)C1CCCC1. The summed E-state index contributed by atoms with van der Waals surface area (Å²) in [6.07, 6.45) is 11.0. The lowest BCUT2D eigenvalue weighted by molar-refractivity contribution is 0.634. The standard InChI is InChI=1S/C16H20/c1-2-8-16(15-11-6-7-12-15)13-14-9-4-3-5-10-14/h2-5,9-10,13,15H,1,6-8,11-12H2/b16-13-. The summed E-state index contributed by atoms with van der Waals surface area (Å²) in [5.41, 5.74) is 2.89. The van der Waals surface area contributed by atoms with Gasteiger partial charge in [-0.25, -0.2) is 0 Å². The minimum atomic E-state index is 0.804. The fourth-order valence-corrected chi connectivity index (χ4v) is 2.57. The third kappa shape index (κ3) is 2.85. The Morgan fingerprint density at radius 3 is 2.50 bits per heavy atom. The molecule has 0 radical (unpaired) electrons. The molecular weight excluding hydrogens is 192 g/mol. The summed E-state index contributed by atoms with van der Waals surface area (Å²) in [7, 11) is 0. The Kier molecular flexibility index (Phi) is 3.98. The van der Waals surface area contributed by atoms with Gasteiger partial charge in [-0.1, -0.05) is 60.9 Å². The van der Waals surface area contributed by atoms with Gasteiger partial charge in [-0.3, -0.25) is 0 Å². The van der Waals surface area contributed by atoms with Crippen LogP contribution < -0.4 is 0 Å². The lowest BCUT2D eigenvalue weighted by atomic mass is 9.93. The van der Waals surface area contributed by atoms with E-state index in [2.05, 4.69) is 43.0 Å². The van der Waals surface area contributed by atoms with E-state index in [-0.39, 0.29) is 0 Å². The molecule has 0 unspecified atom stereocenters. The van der Waals surface area contributed by atoms with Crippen LogP contribution in [0.25, 0.3) is 6.08 Å². The van der Waals surface area contributed by atoms with Gasteiger partial charge in [0.2, 0.25) is 0 Å². The molecule has 1 fully saturated rings. The van der Waals surface area contributed by atoms with E-state index >= 15 is 0 Å². The second-order valence-electron chi connectivity index (χ2n) is 4.60. The van der Waals surface area contributed by atoms with Crippen molar-refractivity contribution in [3.8, 4) is 0 Å². The van der Waals surface area contributed by atoms with Crippen molar-refractivity contribution in [2.75, 3.05) is 0 Å². The zero-order valence-electron chi connectivity index (χ0n) is 9.86. The highest BCUT2D eigenvalue weighted by atomic mass is 14.2. The van der Waals surface area contributed by atoms with Crippen LogP contribution in [0, 0.1) is 5.92 Å². The van der Waals surface area contributed by atoms with Gasteiger partial charge in [-0.2, -0.15) is 0 Å². The topological polar surface area (TPSA) is 0 Å². The molecule has 1 aromatic rings. The van der Waals surface area contributed by atoms with E-state index in [0.717, 1.165) is 12.3 Å². The third-order valence-corrected chi connectivity index (χ3v) is 3.41. The molecule has 0 N–H and O–H groups in total. The Hall–Kier alpha value is -1.30. The van der Waals surface area contributed by atoms with E-state index < -0.39 is 0 Å². The molecule has 0 aromatic heterocycles. The van der Waals surface area contributed by atoms with E-state index in [0.29, 0.717) is 0 Å². The Morgan fingerprint density at radius 1 is 1.19 bits per heavy atom. The van der Waals surface area contributed by atoms with Crippen LogP contribution in [0.15, 0.2) is 48.6 Å². The molecule has 0 amide bonds. The minimum Gasteiger partial charge on any atom is -0.103 e. The smallest absolute Gasteiger partial charge is 0.0135 e. The maximum Gasteiger partial charge on any atom is -0.0135 e. The minimum absolute atomic E-state index is 0.804. The van der Waals surface area contributed by atoms with Crippen LogP contribution in [-0.2, 0) is 0 Å². The Labute approximate surface area is 98.7 Å². The molecule has 16 heavy (non-hydrogen) atoms. The zero-order chi connectivity index (χ0) is 11.2. The molecule has 1 saturated carbocycles. The molecule has 84 valence electrons. The van der Waals surface area contributed by atoms with Crippen LogP contribution in [0.2, 0.25) is 0 Å². The van der Waals surface area contributed by atoms with Crippen LogP contribution >= 0.6 is 0 Å². The van der Waals surface area contributed by atoms with Crippen LogP contribution in [0.3, 0.4) is 0 Å². The molecule has 0 spiro atoms. The van der Waals surface area contributed by atoms with E-state index in [9.17, 15) is 0 Å². The quantitative estimate of drug-likeness (QED) is 0.627. The molecule has 1 aliphatic rings. The van der Waals surface area contributed by atoms with Crippen LogP contribution in [0.4, 0.5) is 0 Å². The highest BCUT2D eigenvalue weighted by Gasteiger charge is 2.18. The summed E-state index contributed by atoms with van der Waals surface area (Å²) in [6.45, 7) is 3.87. The van der Waals surface area contributed by atoms with E-state index in [1.165, 1.54) is 31.2 Å². The maximum absolute atomic E-state index is 3.87. The molecule has 0 heteroatoms. The van der Waals surface area contributed by atoms with E-state index in [1.807, 2.05) is 6.08 Å². The van der Waals surface area contributed by atoms with Crippen LogP contribution in [0.5, 0.6) is 0 Å². The normalized spacial score (nSPS) is 17.6. The van der Waals surface area contributed by atoms with Crippen LogP contribution in [-0.4, -0.2) is 0 Å². The van der Waals surface area contributed by atoms with Crippen molar-refractivity contribution in [1.29, 1.82) is 0 Å². The lowest BCUT2D eigenvalue weighted by Gasteiger charge is -2.13. The van der Waals surface area contributed by atoms with Crippen molar-refractivity contribution in [3.63, 3.8) is 0 Å². The van der Waals surface area contributed by atoms with Gasteiger partial charge < -0.3 is 0 Å². The van der Waals surface area contributed by atoms with Gasteiger partial charge in [0, 0.05) is 0 Å². The van der Waals surface area contributed by atoms with Gasteiger partial charge in [-0.05, 0) is 30.7 Å². The Bertz CT molecular complexity index is 353. The summed E-state index contributed by atoms with van der Waals surface area (Å²) in [5, 5.41) is 0. The fourth-order valence-electron chi connectivity index (χ4n) is 2.57. The summed E-state index contributed by atoms with van der Waals surface area (Å²) in [5.74, 6) is 0.804. The number of benzene rings is 1. The molecule has 1 aliphatic carbocycles. The summed E-state index contributed by atoms with van der Waals surface area (Å²) < 4.78 is 0. The van der Waals surface area contributed by atoms with Crippen LogP contribution in [0.1, 0.15) is 37.7 Å². The summed E-state index contributed by atoms with van der Waals surface area (Å²) in [6, 6.07) is 10.6. The lowest BCUT2D eigenvalue weighted by Crippen LogP contribution is -1.97. The highest BCUT2D eigenvalue weighted by Crippen LogP contribution is 2.33. The maximum atomic E-state index is 3.87. The molecule has 0 bridgehead atoms. The number of rotatable bonds is 4. The average molecular weight is 212 g/mol. The van der Waals surface area contributed by atoms with Crippen molar-refractivity contribution in [1.82, 2.24) is 0 Å². The van der Waals surface area contributed by atoms with Gasteiger partial charge >= 0.3 is 0 Å². The number of hydrogen-bond donors (Lipinski definition) is 0. The zero-order valence-corrected chi connectivity index (χ0v) is 9.86. The van der Waals surface area contributed by atoms with E-state index in [4.69, 9.17) is 0 Å². The fraction of sp³-hybridized carbons (Fsp3) is 0.375. The number of hydrogen-bond acceptors (Lipinski definition) is 0. The first kappa shape index (κ1) is 11.2. The monoisotopic (exact) mass is 212 g/mol. The predicted octanol–water partition coefficient (Wildman–Crippen LogP) is 4.84. The third-order valence-electron chi connectivity index (χ3n) is 3.41. The Balaban J connectivity index is 2.17. The molecule has 1 aromatic carbocycles. The molecule has 0 heterocycles. The first-order chi connectivity index (χ1) is 7.90. The molecule has 0 saturated heterocycles. The Morgan fingerprint density at radius 2 is 1.88 bits per heavy atom. The summed E-state index contributed by atoms with van der Waals surface area (Å²) in [4.78, 5) is 0. The number of allylic oxidation sites excluding steroid dienone is 2. The van der Waals surface area contributed by atoms with Crippen molar-refractivity contribution >= 4 is 6.08 Å². The van der Waals surface area contributed by atoms with Crippen molar-refractivity contribution in [2.45, 2.75) is 32.1 Å². The largest absolute Gasteiger partial charge is 0.103 e. The molecular formula is C16H20. The van der Waals surface area contributed by atoms with Gasteiger partial charge in [0.15, 0.2) is 0 Å². The van der Waals surface area contributed by atoms with E-state index in [1.54, 1.807) is 5.57 Å². The molecule has 0 atom stereocenters. The molecule has 2 rings (SSSR count). The van der Waals surface area contributed by atoms with Gasteiger partial charge in [0.25, 0.3) is 0 Å². The molecule has 0 nitrogen and oxygen atoms in total. The second-order valence-corrected chi connectivity index (χ2v) is 4.60. The highest BCUT2D eigenvalue weighted by molar-refractivity contribution is 5.53. The van der Waals surface area contributed by atoms with Gasteiger partial charge in [0.05, 0.1) is 0 Å². The second kappa shape index (κ2) is 5.69. The van der Waals surface area contributed by atoms with Crippen molar-refractivity contribution in [3.05, 3.63) is 54.1 Å². The average Bonchev–Trinajstić information content (AvgIpc) is 2.83. The molecule has 0 aliphatic heterocycles.